The molecular formula is C8H15N. The zero-order valence-electron chi connectivity index (χ0n) is 6.28. The van der Waals surface area contributed by atoms with E-state index in [9.17, 15) is 0 Å². The minimum absolute atomic E-state index is 0.727. The van der Waals surface area contributed by atoms with E-state index in [0.717, 1.165) is 18.5 Å². The number of hydrogen-bond donors (Lipinski definition) is 1. The molecule has 0 atom stereocenters. The van der Waals surface area contributed by atoms with Gasteiger partial charge in [-0.3, -0.25) is 0 Å². The highest BCUT2D eigenvalue weighted by molar-refractivity contribution is 5.23. The van der Waals surface area contributed by atoms with Crippen molar-refractivity contribution in [3.05, 3.63) is 23.8 Å². The van der Waals surface area contributed by atoms with Gasteiger partial charge >= 0.3 is 0 Å². The maximum Gasteiger partial charge on any atom is -0.00424 e. The molecule has 0 aromatic heterocycles. The maximum atomic E-state index is 5.30. The van der Waals surface area contributed by atoms with Crippen molar-refractivity contribution in [2.45, 2.75) is 20.3 Å². The van der Waals surface area contributed by atoms with Gasteiger partial charge in [0.15, 0.2) is 0 Å². The molecule has 1 nitrogen and oxygen atoms in total. The molecule has 0 rings (SSSR count). The molecule has 0 fully saturated rings. The molecular weight excluding hydrogens is 110 g/mol. The average molecular weight is 125 g/mol. The minimum Gasteiger partial charge on any atom is -0.330 e. The second kappa shape index (κ2) is 4.33. The summed E-state index contributed by atoms with van der Waals surface area (Å²) in [6.07, 6.45) is 3.07. The van der Waals surface area contributed by atoms with E-state index in [1.165, 1.54) is 5.57 Å². The lowest BCUT2D eigenvalue weighted by Gasteiger charge is -1.96. The summed E-state index contributed by atoms with van der Waals surface area (Å²) in [5.74, 6) is 0. The van der Waals surface area contributed by atoms with Crippen LogP contribution in [0.25, 0.3) is 0 Å². The third-order valence-electron chi connectivity index (χ3n) is 1.29. The average Bonchev–Trinajstić information content (AvgIpc) is 1.82. The monoisotopic (exact) mass is 125 g/mol. The van der Waals surface area contributed by atoms with Gasteiger partial charge < -0.3 is 5.73 Å². The van der Waals surface area contributed by atoms with Crippen molar-refractivity contribution < 1.29 is 0 Å². The van der Waals surface area contributed by atoms with E-state index in [2.05, 4.69) is 19.6 Å². The highest BCUT2D eigenvalue weighted by Gasteiger charge is 1.85. The molecule has 0 aromatic rings. The van der Waals surface area contributed by atoms with Crippen molar-refractivity contribution in [2.24, 2.45) is 5.73 Å². The number of rotatable bonds is 3. The van der Waals surface area contributed by atoms with E-state index in [1.807, 2.05) is 6.92 Å². The van der Waals surface area contributed by atoms with Gasteiger partial charge in [-0.2, -0.15) is 0 Å². The van der Waals surface area contributed by atoms with Gasteiger partial charge in [-0.25, -0.2) is 0 Å². The Balaban J connectivity index is 3.69. The van der Waals surface area contributed by atoms with Crippen molar-refractivity contribution in [2.75, 3.05) is 6.54 Å². The maximum absolute atomic E-state index is 5.30. The molecule has 9 heavy (non-hydrogen) atoms. The third kappa shape index (κ3) is 3.98. The van der Waals surface area contributed by atoms with Crippen LogP contribution in [0, 0.1) is 0 Å². The highest BCUT2D eigenvalue weighted by Crippen LogP contribution is 2.04. The molecule has 0 saturated carbocycles. The molecule has 52 valence electrons. The molecule has 0 aliphatic heterocycles. The van der Waals surface area contributed by atoms with Crippen LogP contribution in [0.1, 0.15) is 20.3 Å². The van der Waals surface area contributed by atoms with Crippen molar-refractivity contribution in [1.82, 2.24) is 0 Å². The predicted molar refractivity (Wildman–Crippen MR) is 42.2 cm³/mol. The summed E-state index contributed by atoms with van der Waals surface area (Å²) in [6, 6.07) is 0. The molecule has 2 N–H and O–H groups in total. The van der Waals surface area contributed by atoms with Gasteiger partial charge in [-0.05, 0) is 26.8 Å². The molecule has 0 saturated heterocycles. The Kier molecular flexibility index (Phi) is 4.06. The minimum atomic E-state index is 0.727. The molecule has 0 aliphatic carbocycles. The predicted octanol–water partition coefficient (Wildman–Crippen LogP) is 1.86. The topological polar surface area (TPSA) is 26.0 Å². The Morgan fingerprint density at radius 2 is 2.11 bits per heavy atom. The lowest BCUT2D eigenvalue weighted by Crippen LogP contribution is -1.95. The standard InChI is InChI=1S/C8H15N/c1-7(2)8(3)5-4-6-9/h5H,1,4,6,9H2,2-3H3/b8-5+. The van der Waals surface area contributed by atoms with Gasteiger partial charge in [0, 0.05) is 0 Å². The zero-order chi connectivity index (χ0) is 7.28. The molecule has 0 unspecified atom stereocenters. The fraction of sp³-hybridized carbons (Fsp3) is 0.500. The first-order valence-corrected chi connectivity index (χ1v) is 3.21. The largest absolute Gasteiger partial charge is 0.330 e. The van der Waals surface area contributed by atoms with Gasteiger partial charge in [0.25, 0.3) is 0 Å². The fourth-order valence-corrected chi connectivity index (χ4v) is 0.474. The molecule has 0 amide bonds. The van der Waals surface area contributed by atoms with E-state index in [1.54, 1.807) is 0 Å². The van der Waals surface area contributed by atoms with Crippen molar-refractivity contribution in [1.29, 1.82) is 0 Å². The Morgan fingerprint density at radius 1 is 1.56 bits per heavy atom. The van der Waals surface area contributed by atoms with Crippen LogP contribution in [0.3, 0.4) is 0 Å². The van der Waals surface area contributed by atoms with Crippen molar-refractivity contribution in [3.63, 3.8) is 0 Å². The molecule has 0 aliphatic rings. The molecule has 0 bridgehead atoms. The number of hydrogen-bond acceptors (Lipinski definition) is 1. The summed E-state index contributed by atoms with van der Waals surface area (Å²) >= 11 is 0. The third-order valence-corrected chi connectivity index (χ3v) is 1.29. The van der Waals surface area contributed by atoms with Gasteiger partial charge in [-0.15, -0.1) is 0 Å². The first kappa shape index (κ1) is 8.44. The Labute approximate surface area is 57.3 Å². The smallest absolute Gasteiger partial charge is 0.00424 e. The quantitative estimate of drug-likeness (QED) is 0.572. The summed E-state index contributed by atoms with van der Waals surface area (Å²) < 4.78 is 0. The Hall–Kier alpha value is -0.560. The van der Waals surface area contributed by atoms with Crippen LogP contribution in [0.15, 0.2) is 23.8 Å². The van der Waals surface area contributed by atoms with Crippen molar-refractivity contribution in [3.8, 4) is 0 Å². The first-order valence-electron chi connectivity index (χ1n) is 3.21. The van der Waals surface area contributed by atoms with E-state index in [4.69, 9.17) is 5.73 Å². The summed E-state index contributed by atoms with van der Waals surface area (Å²) in [4.78, 5) is 0. The van der Waals surface area contributed by atoms with Crippen LogP contribution in [0.2, 0.25) is 0 Å². The van der Waals surface area contributed by atoms with Crippen LogP contribution in [0.4, 0.5) is 0 Å². The van der Waals surface area contributed by atoms with Gasteiger partial charge in [0.2, 0.25) is 0 Å². The molecule has 1 heteroatoms. The van der Waals surface area contributed by atoms with E-state index >= 15 is 0 Å². The molecule has 0 heterocycles. The lowest BCUT2D eigenvalue weighted by molar-refractivity contribution is 0.997. The van der Waals surface area contributed by atoms with Crippen LogP contribution in [-0.2, 0) is 0 Å². The van der Waals surface area contributed by atoms with Crippen LogP contribution < -0.4 is 5.73 Å². The normalized spacial score (nSPS) is 11.7. The fourth-order valence-electron chi connectivity index (χ4n) is 0.474. The van der Waals surface area contributed by atoms with E-state index in [-0.39, 0.29) is 0 Å². The lowest BCUT2D eigenvalue weighted by atomic mass is 10.1. The van der Waals surface area contributed by atoms with Gasteiger partial charge in [0.05, 0.1) is 0 Å². The first-order chi connectivity index (χ1) is 4.18. The summed E-state index contributed by atoms with van der Waals surface area (Å²) in [6.45, 7) is 8.58. The number of nitrogens with two attached hydrogens (primary N) is 1. The van der Waals surface area contributed by atoms with Crippen LogP contribution in [-0.4, -0.2) is 6.54 Å². The van der Waals surface area contributed by atoms with Crippen molar-refractivity contribution >= 4 is 0 Å². The molecule has 0 aromatic carbocycles. The SMILES string of the molecule is C=C(C)/C(C)=C/CCN. The number of allylic oxidation sites excluding steroid dienone is 2. The summed E-state index contributed by atoms with van der Waals surface area (Å²) in [5.41, 5.74) is 7.68. The van der Waals surface area contributed by atoms with Crippen LogP contribution in [0.5, 0.6) is 0 Å². The second-order valence-corrected chi connectivity index (χ2v) is 2.24. The summed E-state index contributed by atoms with van der Waals surface area (Å²) in [5, 5.41) is 0. The van der Waals surface area contributed by atoms with Gasteiger partial charge in [0.1, 0.15) is 0 Å². The molecule has 0 radical (unpaired) electrons. The van der Waals surface area contributed by atoms with E-state index in [0.29, 0.717) is 0 Å². The van der Waals surface area contributed by atoms with E-state index < -0.39 is 0 Å². The van der Waals surface area contributed by atoms with Crippen LogP contribution >= 0.6 is 0 Å². The Bertz CT molecular complexity index is 123. The summed E-state index contributed by atoms with van der Waals surface area (Å²) in [7, 11) is 0. The molecule has 0 spiro atoms. The zero-order valence-corrected chi connectivity index (χ0v) is 6.28. The second-order valence-electron chi connectivity index (χ2n) is 2.24. The van der Waals surface area contributed by atoms with Gasteiger partial charge in [-0.1, -0.05) is 23.8 Å². The highest BCUT2D eigenvalue weighted by atomic mass is 14.5. The Morgan fingerprint density at radius 3 is 2.44 bits per heavy atom.